The normalized spacial score (nSPS) is 12.1. The fourth-order valence-electron chi connectivity index (χ4n) is 1.56. The minimum atomic E-state index is -0.210. The van der Waals surface area contributed by atoms with Crippen LogP contribution in [0.25, 0.3) is 0 Å². The van der Waals surface area contributed by atoms with E-state index < -0.39 is 0 Å². The number of carbonyl (C=O) groups excluding carboxylic acids is 1. The number of hydrogen-bond acceptors (Lipinski definition) is 4. The van der Waals surface area contributed by atoms with Crippen LogP contribution in [-0.2, 0) is 16.0 Å². The summed E-state index contributed by atoms with van der Waals surface area (Å²) < 4.78 is 4.98. The van der Waals surface area contributed by atoms with Gasteiger partial charge in [-0.25, -0.2) is 0 Å². The summed E-state index contributed by atoms with van der Waals surface area (Å²) in [4.78, 5) is 15.7. The summed E-state index contributed by atoms with van der Waals surface area (Å²) in [5.41, 5.74) is 1.03. The van der Waals surface area contributed by atoms with E-state index in [-0.39, 0.29) is 12.0 Å². The molecule has 0 saturated heterocycles. The molecule has 0 amide bonds. The van der Waals surface area contributed by atoms with Gasteiger partial charge in [0.15, 0.2) is 0 Å². The molecule has 4 heteroatoms. The number of hydrogen-bond donors (Lipinski definition) is 1. The fourth-order valence-corrected chi connectivity index (χ4v) is 1.56. The molecule has 0 aliphatic carbocycles. The highest BCUT2D eigenvalue weighted by Crippen LogP contribution is 1.97. The van der Waals surface area contributed by atoms with Crippen LogP contribution >= 0.6 is 0 Å². The highest BCUT2D eigenvalue weighted by molar-refractivity contribution is 5.75. The number of ether oxygens (including phenoxy) is 1. The lowest BCUT2D eigenvalue weighted by Gasteiger charge is -2.14. The molecule has 0 spiro atoms. The van der Waals surface area contributed by atoms with Crippen molar-refractivity contribution in [3.63, 3.8) is 0 Å². The van der Waals surface area contributed by atoms with E-state index in [1.54, 1.807) is 6.20 Å². The molecule has 0 bridgehead atoms. The molecule has 0 aromatic carbocycles. The third-order valence-corrected chi connectivity index (χ3v) is 2.48. The van der Waals surface area contributed by atoms with Crippen molar-refractivity contribution in [2.75, 3.05) is 13.2 Å². The topological polar surface area (TPSA) is 51.2 Å². The highest BCUT2D eigenvalue weighted by atomic mass is 16.5. The van der Waals surface area contributed by atoms with E-state index in [4.69, 9.17) is 4.74 Å². The Bertz CT molecular complexity index is 327. The van der Waals surface area contributed by atoms with Gasteiger partial charge in [-0.15, -0.1) is 0 Å². The zero-order valence-electron chi connectivity index (χ0n) is 10.5. The molecule has 0 aliphatic heterocycles. The second kappa shape index (κ2) is 7.79. The average molecular weight is 236 g/mol. The molecule has 0 fully saturated rings. The zero-order chi connectivity index (χ0) is 12.5. The minimum Gasteiger partial charge on any atom is -0.465 e. The van der Waals surface area contributed by atoms with Crippen molar-refractivity contribution in [1.29, 1.82) is 0 Å². The lowest BCUT2D eigenvalue weighted by Crippen LogP contribution is -2.38. The number of nitrogens with one attached hydrogen (secondary N) is 1. The van der Waals surface area contributed by atoms with Crippen molar-refractivity contribution < 1.29 is 9.53 Å². The van der Waals surface area contributed by atoms with Crippen LogP contribution in [0, 0.1) is 0 Å². The maximum Gasteiger partial charge on any atom is 0.323 e. The van der Waals surface area contributed by atoms with Crippen molar-refractivity contribution >= 4 is 5.97 Å². The molecule has 0 saturated carbocycles. The highest BCUT2D eigenvalue weighted by Gasteiger charge is 2.16. The smallest absolute Gasteiger partial charge is 0.323 e. The first-order valence-electron chi connectivity index (χ1n) is 6.07. The van der Waals surface area contributed by atoms with E-state index in [1.165, 1.54) is 0 Å². The Morgan fingerprint density at radius 3 is 2.88 bits per heavy atom. The summed E-state index contributed by atoms with van der Waals surface area (Å²) in [7, 11) is 0. The van der Waals surface area contributed by atoms with Crippen LogP contribution in [0.5, 0.6) is 0 Å². The van der Waals surface area contributed by atoms with E-state index in [1.807, 2.05) is 32.0 Å². The first-order chi connectivity index (χ1) is 8.27. The number of carbonyl (C=O) groups is 1. The van der Waals surface area contributed by atoms with Crippen LogP contribution in [0.15, 0.2) is 24.4 Å². The Labute approximate surface area is 102 Å². The maximum absolute atomic E-state index is 11.5. The molecule has 94 valence electrons. The Morgan fingerprint density at radius 1 is 1.47 bits per heavy atom. The second-order valence-electron chi connectivity index (χ2n) is 3.74. The predicted octanol–water partition coefficient (Wildman–Crippen LogP) is 1.56. The van der Waals surface area contributed by atoms with Crippen molar-refractivity contribution in [2.24, 2.45) is 0 Å². The summed E-state index contributed by atoms with van der Waals surface area (Å²) >= 11 is 0. The molecule has 1 atom stereocenters. The summed E-state index contributed by atoms with van der Waals surface area (Å²) in [6.07, 6.45) is 3.33. The van der Waals surface area contributed by atoms with Crippen LogP contribution in [0.4, 0.5) is 0 Å². The molecule has 1 heterocycles. The van der Waals surface area contributed by atoms with Gasteiger partial charge < -0.3 is 10.1 Å². The Balaban J connectivity index is 2.31. The molecule has 17 heavy (non-hydrogen) atoms. The first kappa shape index (κ1) is 13.6. The van der Waals surface area contributed by atoms with E-state index >= 15 is 0 Å². The molecule has 1 aromatic heterocycles. The Hall–Kier alpha value is -1.42. The van der Waals surface area contributed by atoms with Gasteiger partial charge in [-0.3, -0.25) is 9.78 Å². The quantitative estimate of drug-likeness (QED) is 0.730. The van der Waals surface area contributed by atoms with Crippen LogP contribution in [0.1, 0.15) is 26.0 Å². The summed E-state index contributed by atoms with van der Waals surface area (Å²) in [5.74, 6) is -0.170. The van der Waals surface area contributed by atoms with Gasteiger partial charge in [0.25, 0.3) is 0 Å². The number of rotatable bonds is 7. The van der Waals surface area contributed by atoms with Gasteiger partial charge in [-0.2, -0.15) is 0 Å². The van der Waals surface area contributed by atoms with E-state index in [2.05, 4.69) is 10.3 Å². The monoisotopic (exact) mass is 236 g/mol. The second-order valence-corrected chi connectivity index (χ2v) is 3.74. The standard InChI is InChI=1S/C13H20N2O2/c1-3-12(13(16)17-4-2)15-10-8-11-7-5-6-9-14-11/h5-7,9,12,15H,3-4,8,10H2,1-2H3. The van der Waals surface area contributed by atoms with Crippen molar-refractivity contribution in [3.05, 3.63) is 30.1 Å². The molecule has 1 unspecified atom stereocenters. The molecular formula is C13H20N2O2. The third-order valence-electron chi connectivity index (χ3n) is 2.48. The Kier molecular flexibility index (Phi) is 6.25. The fraction of sp³-hybridized carbons (Fsp3) is 0.538. The summed E-state index contributed by atoms with van der Waals surface area (Å²) in [5, 5.41) is 3.19. The Morgan fingerprint density at radius 2 is 2.29 bits per heavy atom. The van der Waals surface area contributed by atoms with E-state index in [0.717, 1.165) is 25.1 Å². The number of aromatic nitrogens is 1. The van der Waals surface area contributed by atoms with E-state index in [9.17, 15) is 4.79 Å². The van der Waals surface area contributed by atoms with E-state index in [0.29, 0.717) is 6.61 Å². The van der Waals surface area contributed by atoms with Gasteiger partial charge in [-0.05, 0) is 25.5 Å². The number of esters is 1. The zero-order valence-corrected chi connectivity index (χ0v) is 10.5. The molecule has 1 N–H and O–H groups in total. The molecule has 1 aromatic rings. The lowest BCUT2D eigenvalue weighted by atomic mass is 10.2. The number of pyridine rings is 1. The summed E-state index contributed by atoms with van der Waals surface area (Å²) in [6, 6.07) is 5.63. The summed E-state index contributed by atoms with van der Waals surface area (Å²) in [6.45, 7) is 4.94. The number of nitrogens with zero attached hydrogens (tertiary/aromatic N) is 1. The molecule has 4 nitrogen and oxygen atoms in total. The van der Waals surface area contributed by atoms with Crippen LogP contribution in [0.2, 0.25) is 0 Å². The maximum atomic E-state index is 11.5. The first-order valence-corrected chi connectivity index (χ1v) is 6.07. The molecule has 0 aliphatic rings. The predicted molar refractivity (Wildman–Crippen MR) is 66.7 cm³/mol. The van der Waals surface area contributed by atoms with Crippen LogP contribution in [0.3, 0.4) is 0 Å². The van der Waals surface area contributed by atoms with Crippen molar-refractivity contribution in [1.82, 2.24) is 10.3 Å². The third kappa shape index (κ3) is 4.95. The molecule has 0 radical (unpaired) electrons. The van der Waals surface area contributed by atoms with Gasteiger partial charge >= 0.3 is 5.97 Å². The van der Waals surface area contributed by atoms with Gasteiger partial charge in [0.2, 0.25) is 0 Å². The van der Waals surface area contributed by atoms with Gasteiger partial charge in [-0.1, -0.05) is 13.0 Å². The minimum absolute atomic E-state index is 0.170. The van der Waals surface area contributed by atoms with Gasteiger partial charge in [0.1, 0.15) is 6.04 Å². The SMILES string of the molecule is CCOC(=O)C(CC)NCCc1ccccn1. The lowest BCUT2D eigenvalue weighted by molar-refractivity contribution is -0.145. The van der Waals surface area contributed by atoms with Crippen molar-refractivity contribution in [2.45, 2.75) is 32.7 Å². The van der Waals surface area contributed by atoms with Crippen molar-refractivity contribution in [3.8, 4) is 0 Å². The average Bonchev–Trinajstić information content (AvgIpc) is 2.36. The van der Waals surface area contributed by atoms with Gasteiger partial charge in [0, 0.05) is 24.9 Å². The van der Waals surface area contributed by atoms with Gasteiger partial charge in [0.05, 0.1) is 6.61 Å². The van der Waals surface area contributed by atoms with Crippen LogP contribution in [-0.4, -0.2) is 30.1 Å². The molecular weight excluding hydrogens is 216 g/mol. The largest absolute Gasteiger partial charge is 0.465 e. The van der Waals surface area contributed by atoms with Crippen LogP contribution < -0.4 is 5.32 Å². The molecule has 1 rings (SSSR count).